The molecule has 0 aliphatic heterocycles. The molecule has 0 atom stereocenters. The summed E-state index contributed by atoms with van der Waals surface area (Å²) in [6.45, 7) is 4.59. The first-order valence-electron chi connectivity index (χ1n) is 6.35. The molecule has 0 spiro atoms. The highest BCUT2D eigenvalue weighted by Crippen LogP contribution is 2.31. The van der Waals surface area contributed by atoms with Crippen molar-refractivity contribution in [3.05, 3.63) is 35.5 Å². The van der Waals surface area contributed by atoms with Crippen molar-refractivity contribution >= 4 is 28.0 Å². The zero-order valence-corrected chi connectivity index (χ0v) is 12.2. The summed E-state index contributed by atoms with van der Waals surface area (Å²) >= 11 is 1.35. The lowest BCUT2D eigenvalue weighted by Crippen LogP contribution is -2.07. The number of hydrogen-bond donors (Lipinski definition) is 1. The number of benzene rings is 1. The Morgan fingerprint density at radius 1 is 1.30 bits per heavy atom. The van der Waals surface area contributed by atoms with Crippen molar-refractivity contribution in [2.45, 2.75) is 13.8 Å². The smallest absolute Gasteiger partial charge is 0.360 e. The molecule has 0 saturated carbocycles. The highest BCUT2D eigenvalue weighted by Gasteiger charge is 2.17. The van der Waals surface area contributed by atoms with Crippen LogP contribution in [-0.4, -0.2) is 24.2 Å². The summed E-state index contributed by atoms with van der Waals surface area (Å²) in [6, 6.07) is 7.56. The Hall–Kier alpha value is -2.08. The molecule has 106 valence electrons. The minimum absolute atomic E-state index is 0.295. The molecule has 0 fully saturated rings. The van der Waals surface area contributed by atoms with Gasteiger partial charge in [0, 0.05) is 0 Å². The van der Waals surface area contributed by atoms with Crippen LogP contribution in [0.4, 0.5) is 10.7 Å². The van der Waals surface area contributed by atoms with Gasteiger partial charge >= 0.3 is 5.97 Å². The molecule has 20 heavy (non-hydrogen) atoms. The van der Waals surface area contributed by atoms with Crippen LogP contribution >= 0.6 is 11.3 Å². The Balaban J connectivity index is 2.23. The maximum absolute atomic E-state index is 11.8. The lowest BCUT2D eigenvalue weighted by molar-refractivity contribution is 0.0521. The average Bonchev–Trinajstić information content (AvgIpc) is 2.90. The number of ether oxygens (including phenoxy) is 2. The zero-order valence-electron chi connectivity index (χ0n) is 11.4. The van der Waals surface area contributed by atoms with Crippen molar-refractivity contribution in [2.24, 2.45) is 0 Å². The lowest BCUT2D eigenvalue weighted by atomic mass is 10.3. The SMILES string of the molecule is CCOC(=O)c1ncsc1Nc1ccccc1OCC. The number of aromatic nitrogens is 1. The first kappa shape index (κ1) is 14.3. The summed E-state index contributed by atoms with van der Waals surface area (Å²) in [5, 5.41) is 3.82. The van der Waals surface area contributed by atoms with Crippen LogP contribution in [0.15, 0.2) is 29.8 Å². The monoisotopic (exact) mass is 292 g/mol. The molecule has 5 nitrogen and oxygen atoms in total. The Bertz CT molecular complexity index is 583. The van der Waals surface area contributed by atoms with E-state index in [2.05, 4.69) is 10.3 Å². The van der Waals surface area contributed by atoms with E-state index < -0.39 is 5.97 Å². The second-order valence-corrected chi connectivity index (χ2v) is 4.66. The third-order valence-electron chi connectivity index (χ3n) is 2.47. The predicted octanol–water partition coefficient (Wildman–Crippen LogP) is 3.46. The maximum Gasteiger partial charge on any atom is 0.360 e. The van der Waals surface area contributed by atoms with Gasteiger partial charge in [0.25, 0.3) is 0 Å². The Morgan fingerprint density at radius 2 is 2.10 bits per heavy atom. The average molecular weight is 292 g/mol. The van der Waals surface area contributed by atoms with Crippen LogP contribution < -0.4 is 10.1 Å². The van der Waals surface area contributed by atoms with Gasteiger partial charge in [0.05, 0.1) is 24.4 Å². The van der Waals surface area contributed by atoms with Gasteiger partial charge in [-0.05, 0) is 26.0 Å². The Kier molecular flexibility index (Phi) is 4.95. The van der Waals surface area contributed by atoms with Crippen LogP contribution in [0.1, 0.15) is 24.3 Å². The molecular weight excluding hydrogens is 276 g/mol. The summed E-state index contributed by atoms with van der Waals surface area (Å²) in [4.78, 5) is 15.8. The van der Waals surface area contributed by atoms with Crippen LogP contribution in [0.25, 0.3) is 0 Å². The van der Waals surface area contributed by atoms with Crippen LogP contribution in [0.5, 0.6) is 5.75 Å². The molecule has 0 aliphatic rings. The standard InChI is InChI=1S/C14H16N2O3S/c1-3-18-11-8-6-5-7-10(11)16-13-12(15-9-20-13)14(17)19-4-2/h5-9,16H,3-4H2,1-2H3. The molecule has 1 aromatic heterocycles. The molecule has 6 heteroatoms. The highest BCUT2D eigenvalue weighted by atomic mass is 32.1. The molecule has 0 bridgehead atoms. The molecule has 1 heterocycles. The van der Waals surface area contributed by atoms with Crippen molar-refractivity contribution in [3.8, 4) is 5.75 Å². The third kappa shape index (κ3) is 3.27. The number of carbonyl (C=O) groups is 1. The van der Waals surface area contributed by atoms with Gasteiger partial charge in [-0.1, -0.05) is 12.1 Å². The van der Waals surface area contributed by atoms with E-state index in [-0.39, 0.29) is 0 Å². The van der Waals surface area contributed by atoms with Gasteiger partial charge in [0.1, 0.15) is 10.8 Å². The number of thiazole rings is 1. The summed E-state index contributed by atoms with van der Waals surface area (Å²) < 4.78 is 10.5. The van der Waals surface area contributed by atoms with E-state index in [0.717, 1.165) is 11.4 Å². The molecular formula is C14H16N2O3S. The van der Waals surface area contributed by atoms with Crippen LogP contribution in [0, 0.1) is 0 Å². The summed E-state index contributed by atoms with van der Waals surface area (Å²) in [5.41, 5.74) is 2.70. The fourth-order valence-electron chi connectivity index (χ4n) is 1.65. The van der Waals surface area contributed by atoms with Crippen LogP contribution in [-0.2, 0) is 4.74 Å². The number of nitrogens with zero attached hydrogens (tertiary/aromatic N) is 1. The number of hydrogen-bond acceptors (Lipinski definition) is 6. The quantitative estimate of drug-likeness (QED) is 0.826. The van der Waals surface area contributed by atoms with E-state index in [9.17, 15) is 4.79 Å². The second-order valence-electron chi connectivity index (χ2n) is 3.80. The molecule has 0 unspecified atom stereocenters. The predicted molar refractivity (Wildman–Crippen MR) is 79.0 cm³/mol. The van der Waals surface area contributed by atoms with Gasteiger partial charge < -0.3 is 14.8 Å². The minimum atomic E-state index is -0.426. The van der Waals surface area contributed by atoms with E-state index in [1.165, 1.54) is 11.3 Å². The molecule has 2 rings (SSSR count). The van der Waals surface area contributed by atoms with E-state index in [4.69, 9.17) is 9.47 Å². The van der Waals surface area contributed by atoms with E-state index in [1.54, 1.807) is 12.4 Å². The number of anilines is 2. The number of carbonyl (C=O) groups excluding carboxylic acids is 1. The zero-order chi connectivity index (χ0) is 14.4. The topological polar surface area (TPSA) is 60.5 Å². The van der Waals surface area contributed by atoms with Crippen molar-refractivity contribution in [3.63, 3.8) is 0 Å². The normalized spacial score (nSPS) is 10.1. The Morgan fingerprint density at radius 3 is 2.85 bits per heavy atom. The van der Waals surface area contributed by atoms with Gasteiger partial charge in [-0.2, -0.15) is 0 Å². The molecule has 1 aromatic carbocycles. The summed E-state index contributed by atoms with van der Waals surface area (Å²) in [5.74, 6) is 0.309. The van der Waals surface area contributed by atoms with Crippen LogP contribution in [0.3, 0.4) is 0 Å². The molecule has 1 N–H and O–H groups in total. The van der Waals surface area contributed by atoms with E-state index in [1.807, 2.05) is 31.2 Å². The highest BCUT2D eigenvalue weighted by molar-refractivity contribution is 7.14. The summed E-state index contributed by atoms with van der Waals surface area (Å²) in [7, 11) is 0. The van der Waals surface area contributed by atoms with Crippen molar-refractivity contribution in [2.75, 3.05) is 18.5 Å². The number of para-hydroxylation sites is 2. The maximum atomic E-state index is 11.8. The first-order chi connectivity index (χ1) is 9.76. The number of rotatable bonds is 6. The van der Waals surface area contributed by atoms with Gasteiger partial charge in [0.15, 0.2) is 5.69 Å². The first-order valence-corrected chi connectivity index (χ1v) is 7.23. The third-order valence-corrected chi connectivity index (χ3v) is 3.21. The molecule has 0 saturated heterocycles. The van der Waals surface area contributed by atoms with Gasteiger partial charge in [-0.3, -0.25) is 0 Å². The molecule has 2 aromatic rings. The lowest BCUT2D eigenvalue weighted by Gasteiger charge is -2.11. The molecule has 0 aliphatic carbocycles. The van der Waals surface area contributed by atoms with Gasteiger partial charge in [-0.15, -0.1) is 11.3 Å². The van der Waals surface area contributed by atoms with Crippen molar-refractivity contribution in [1.82, 2.24) is 4.98 Å². The Labute approximate surface area is 121 Å². The fourth-order valence-corrected chi connectivity index (χ4v) is 2.33. The van der Waals surface area contributed by atoms with Gasteiger partial charge in [-0.25, -0.2) is 9.78 Å². The van der Waals surface area contributed by atoms with Gasteiger partial charge in [0.2, 0.25) is 0 Å². The number of nitrogens with one attached hydrogen (secondary N) is 1. The van der Waals surface area contributed by atoms with E-state index >= 15 is 0 Å². The van der Waals surface area contributed by atoms with Crippen molar-refractivity contribution < 1.29 is 14.3 Å². The largest absolute Gasteiger partial charge is 0.492 e. The minimum Gasteiger partial charge on any atom is -0.492 e. The van der Waals surface area contributed by atoms with E-state index in [0.29, 0.717) is 23.9 Å². The summed E-state index contributed by atoms with van der Waals surface area (Å²) in [6.07, 6.45) is 0. The fraction of sp³-hybridized carbons (Fsp3) is 0.286. The van der Waals surface area contributed by atoms with Crippen LogP contribution in [0.2, 0.25) is 0 Å². The molecule has 0 amide bonds. The van der Waals surface area contributed by atoms with Crippen molar-refractivity contribution in [1.29, 1.82) is 0 Å². The number of esters is 1. The second kappa shape index (κ2) is 6.91. The molecule has 0 radical (unpaired) electrons.